The predicted molar refractivity (Wildman–Crippen MR) is 119 cm³/mol. The zero-order chi connectivity index (χ0) is 19.6. The third-order valence-corrected chi connectivity index (χ3v) is 7.18. The van der Waals surface area contributed by atoms with Gasteiger partial charge in [0.15, 0.2) is 0 Å². The predicted octanol–water partition coefficient (Wildman–Crippen LogP) is 7.41. The minimum atomic E-state index is 0.737. The highest BCUT2D eigenvalue weighted by Gasteiger charge is 2.23. The van der Waals surface area contributed by atoms with Crippen molar-refractivity contribution in [1.82, 2.24) is 0 Å². The second-order valence-corrected chi connectivity index (χ2v) is 9.01. The molecule has 3 rings (SSSR count). The van der Waals surface area contributed by atoms with E-state index < -0.39 is 0 Å². The van der Waals surface area contributed by atoms with Gasteiger partial charge in [-0.2, -0.15) is 0 Å². The molecule has 0 N–H and O–H groups in total. The molecule has 0 amide bonds. The van der Waals surface area contributed by atoms with E-state index in [1.807, 2.05) is 24.3 Å². The van der Waals surface area contributed by atoms with Crippen molar-refractivity contribution in [1.29, 1.82) is 0 Å². The highest BCUT2D eigenvalue weighted by molar-refractivity contribution is 5.40. The summed E-state index contributed by atoms with van der Waals surface area (Å²) in [6, 6.07) is 7.95. The molecule has 2 fully saturated rings. The average molecular weight is 379 g/mol. The van der Waals surface area contributed by atoms with Gasteiger partial charge in [0.25, 0.3) is 0 Å². The molecule has 1 aromatic rings. The summed E-state index contributed by atoms with van der Waals surface area (Å²) >= 11 is 0. The van der Waals surface area contributed by atoms with Crippen molar-refractivity contribution in [2.45, 2.75) is 77.6 Å². The summed E-state index contributed by atoms with van der Waals surface area (Å²) in [6.45, 7) is 2.36. The first-order valence-electron chi connectivity index (χ1n) is 11.6. The molecule has 0 radical (unpaired) electrons. The summed E-state index contributed by atoms with van der Waals surface area (Å²) in [5.74, 6) is 11.1. The molecule has 1 heteroatoms. The SMILES string of the molecule is CC[C@H]1CC[C@H](CCC2CCC(/C=C/C#Cc3ccc(OC)cc3)CC2)CC1. The smallest absolute Gasteiger partial charge is 0.118 e. The van der Waals surface area contributed by atoms with E-state index >= 15 is 0 Å². The van der Waals surface area contributed by atoms with Gasteiger partial charge in [0.1, 0.15) is 5.75 Å². The van der Waals surface area contributed by atoms with Crippen LogP contribution in [0, 0.1) is 35.5 Å². The van der Waals surface area contributed by atoms with Crippen molar-refractivity contribution < 1.29 is 4.74 Å². The summed E-state index contributed by atoms with van der Waals surface area (Å²) in [5.41, 5.74) is 1.04. The third kappa shape index (κ3) is 6.73. The van der Waals surface area contributed by atoms with E-state index in [1.165, 1.54) is 70.6 Å². The molecular formula is C27H38O. The molecule has 2 aliphatic carbocycles. The van der Waals surface area contributed by atoms with Gasteiger partial charge in [-0.05, 0) is 79.7 Å². The topological polar surface area (TPSA) is 9.23 Å². The number of methoxy groups -OCH3 is 1. The minimum Gasteiger partial charge on any atom is -0.497 e. The van der Waals surface area contributed by atoms with Gasteiger partial charge in [-0.15, -0.1) is 0 Å². The fraction of sp³-hybridized carbons (Fsp3) is 0.630. The Morgan fingerprint density at radius 2 is 1.43 bits per heavy atom. The summed E-state index contributed by atoms with van der Waals surface area (Å²) in [6.07, 6.45) is 20.3. The van der Waals surface area contributed by atoms with Crippen LogP contribution in [-0.4, -0.2) is 7.11 Å². The Bertz CT molecular complexity index is 644. The van der Waals surface area contributed by atoms with Gasteiger partial charge in [0.05, 0.1) is 7.11 Å². The van der Waals surface area contributed by atoms with Gasteiger partial charge >= 0.3 is 0 Å². The standard InChI is InChI=1S/C27H38O/c1-3-22-8-10-25(11-9-22)16-17-26-14-12-23(13-15-26)6-4-5-7-24-18-20-27(28-2)21-19-24/h4,6,18-23,25-26H,3,8-17H2,1-2H3/b6-4+/t22-,23?,25-,26?. The Labute approximate surface area is 173 Å². The van der Waals surface area contributed by atoms with Gasteiger partial charge in [0, 0.05) is 5.56 Å². The van der Waals surface area contributed by atoms with Crippen molar-refractivity contribution >= 4 is 0 Å². The van der Waals surface area contributed by atoms with Crippen molar-refractivity contribution in [3.63, 3.8) is 0 Å². The fourth-order valence-corrected chi connectivity index (χ4v) is 5.05. The maximum Gasteiger partial charge on any atom is 0.118 e. The monoisotopic (exact) mass is 378 g/mol. The van der Waals surface area contributed by atoms with Gasteiger partial charge in [0.2, 0.25) is 0 Å². The van der Waals surface area contributed by atoms with E-state index in [-0.39, 0.29) is 0 Å². The maximum absolute atomic E-state index is 5.18. The molecule has 0 heterocycles. The molecular weight excluding hydrogens is 340 g/mol. The van der Waals surface area contributed by atoms with Gasteiger partial charge in [-0.1, -0.05) is 69.8 Å². The second kappa shape index (κ2) is 11.4. The van der Waals surface area contributed by atoms with Crippen LogP contribution in [0.15, 0.2) is 36.4 Å². The quantitative estimate of drug-likeness (QED) is 0.468. The molecule has 0 atom stereocenters. The van der Waals surface area contributed by atoms with E-state index in [0.717, 1.165) is 35.0 Å². The van der Waals surface area contributed by atoms with Crippen LogP contribution in [-0.2, 0) is 0 Å². The summed E-state index contributed by atoms with van der Waals surface area (Å²) in [7, 11) is 1.69. The number of benzene rings is 1. The Balaban J connectivity index is 1.33. The van der Waals surface area contributed by atoms with Crippen molar-refractivity contribution in [2.24, 2.45) is 23.7 Å². The summed E-state index contributed by atoms with van der Waals surface area (Å²) in [5, 5.41) is 0. The molecule has 0 unspecified atom stereocenters. The van der Waals surface area contributed by atoms with E-state index in [4.69, 9.17) is 4.74 Å². The first kappa shape index (κ1) is 21.0. The van der Waals surface area contributed by atoms with Crippen molar-refractivity contribution in [3.05, 3.63) is 42.0 Å². The Kier molecular flexibility index (Phi) is 8.53. The third-order valence-electron chi connectivity index (χ3n) is 7.18. The Hall–Kier alpha value is -1.68. The van der Waals surface area contributed by atoms with Crippen LogP contribution in [0.2, 0.25) is 0 Å². The van der Waals surface area contributed by atoms with Crippen molar-refractivity contribution in [2.75, 3.05) is 7.11 Å². The lowest BCUT2D eigenvalue weighted by Crippen LogP contribution is -2.17. The molecule has 152 valence electrons. The highest BCUT2D eigenvalue weighted by atomic mass is 16.5. The van der Waals surface area contributed by atoms with Crippen LogP contribution in [0.5, 0.6) is 5.75 Å². The van der Waals surface area contributed by atoms with Crippen LogP contribution in [0.4, 0.5) is 0 Å². The van der Waals surface area contributed by atoms with E-state index in [9.17, 15) is 0 Å². The number of rotatable bonds is 6. The minimum absolute atomic E-state index is 0.737. The van der Waals surface area contributed by atoms with Crippen LogP contribution >= 0.6 is 0 Å². The van der Waals surface area contributed by atoms with Crippen LogP contribution < -0.4 is 4.74 Å². The van der Waals surface area contributed by atoms with E-state index in [1.54, 1.807) is 7.11 Å². The summed E-state index contributed by atoms with van der Waals surface area (Å²) in [4.78, 5) is 0. The fourth-order valence-electron chi connectivity index (χ4n) is 5.05. The Morgan fingerprint density at radius 1 is 0.857 bits per heavy atom. The first-order valence-corrected chi connectivity index (χ1v) is 11.6. The lowest BCUT2D eigenvalue weighted by Gasteiger charge is -2.31. The highest BCUT2D eigenvalue weighted by Crippen LogP contribution is 2.37. The molecule has 0 bridgehead atoms. The molecule has 0 aliphatic heterocycles. The van der Waals surface area contributed by atoms with E-state index in [2.05, 4.69) is 30.9 Å². The lowest BCUT2D eigenvalue weighted by atomic mass is 9.75. The largest absolute Gasteiger partial charge is 0.497 e. The van der Waals surface area contributed by atoms with Gasteiger partial charge in [-0.3, -0.25) is 0 Å². The van der Waals surface area contributed by atoms with Gasteiger partial charge < -0.3 is 4.74 Å². The lowest BCUT2D eigenvalue weighted by molar-refractivity contribution is 0.224. The molecule has 0 spiro atoms. The molecule has 2 saturated carbocycles. The van der Waals surface area contributed by atoms with Crippen LogP contribution in [0.1, 0.15) is 83.1 Å². The Morgan fingerprint density at radius 3 is 2.00 bits per heavy atom. The number of hydrogen-bond donors (Lipinski definition) is 0. The zero-order valence-corrected chi connectivity index (χ0v) is 18.0. The van der Waals surface area contributed by atoms with Gasteiger partial charge in [-0.25, -0.2) is 0 Å². The molecule has 0 aromatic heterocycles. The summed E-state index contributed by atoms with van der Waals surface area (Å²) < 4.78 is 5.18. The molecule has 1 nitrogen and oxygen atoms in total. The van der Waals surface area contributed by atoms with Crippen LogP contribution in [0.3, 0.4) is 0 Å². The average Bonchev–Trinajstić information content (AvgIpc) is 2.77. The van der Waals surface area contributed by atoms with E-state index in [0.29, 0.717) is 0 Å². The maximum atomic E-state index is 5.18. The molecule has 0 saturated heterocycles. The normalized spacial score (nSPS) is 27.9. The number of allylic oxidation sites excluding steroid dienone is 2. The van der Waals surface area contributed by atoms with Crippen molar-refractivity contribution in [3.8, 4) is 17.6 Å². The first-order chi connectivity index (χ1) is 13.8. The molecule has 2 aliphatic rings. The molecule has 28 heavy (non-hydrogen) atoms. The number of hydrogen-bond acceptors (Lipinski definition) is 1. The second-order valence-electron chi connectivity index (χ2n) is 9.01. The molecule has 1 aromatic carbocycles. The van der Waals surface area contributed by atoms with Crippen LogP contribution in [0.25, 0.3) is 0 Å². The zero-order valence-electron chi connectivity index (χ0n) is 18.0. The number of ether oxygens (including phenoxy) is 1.